The van der Waals surface area contributed by atoms with Crippen molar-refractivity contribution in [3.05, 3.63) is 36.5 Å². The van der Waals surface area contributed by atoms with Crippen LogP contribution in [0, 0.1) is 0 Å². The number of nitrogens with zero attached hydrogens (tertiary/aromatic N) is 1. The van der Waals surface area contributed by atoms with Crippen LogP contribution in [-0.4, -0.2) is 29.4 Å². The van der Waals surface area contributed by atoms with E-state index in [0.29, 0.717) is 24.4 Å². The predicted molar refractivity (Wildman–Crippen MR) is 49.9 cm³/mol. The summed E-state index contributed by atoms with van der Waals surface area (Å²) in [5.74, 6) is 0. The summed E-state index contributed by atoms with van der Waals surface area (Å²) in [4.78, 5) is 4.33. The van der Waals surface area contributed by atoms with Crippen molar-refractivity contribution >= 4 is 38.6 Å². The molecule has 1 nitrogen and oxygen atoms in total. The fraction of sp³-hybridized carbons (Fsp3) is 0. The first-order valence-corrected chi connectivity index (χ1v) is 6.54. The Balaban J connectivity index is 2.91. The number of para-hydroxylation sites is 1. The molecule has 0 spiro atoms. The van der Waals surface area contributed by atoms with Gasteiger partial charge in [0.2, 0.25) is 0 Å². The van der Waals surface area contributed by atoms with Crippen LogP contribution < -0.4 is 3.32 Å². The minimum atomic E-state index is 0.560. The average molecular weight is 245 g/mol. The number of hydrogen-bond acceptors (Lipinski definition) is 1. The topological polar surface area (TPSA) is 12.9 Å². The summed E-state index contributed by atoms with van der Waals surface area (Å²) < 4.78 is 1.45. The van der Waals surface area contributed by atoms with E-state index in [-0.39, 0.29) is 0 Å². The van der Waals surface area contributed by atoms with E-state index < -0.39 is 0 Å². The van der Waals surface area contributed by atoms with E-state index in [9.17, 15) is 0 Å². The maximum absolute atomic E-state index is 4.33. The van der Waals surface area contributed by atoms with Gasteiger partial charge in [0.15, 0.2) is 0 Å². The van der Waals surface area contributed by atoms with Gasteiger partial charge in [-0.2, -0.15) is 0 Å². The quantitative estimate of drug-likeness (QED) is 0.658. The zero-order valence-electron chi connectivity index (χ0n) is 6.41. The minimum absolute atomic E-state index is 0.560. The molecular formula is C9H8InN. The standard InChI is InChI=1S/C9H6N.In.2H/c1-2-6-9-8(4-1)5-3-7-10-9;;;/h1-5,7H;;;. The predicted octanol–water partition coefficient (Wildman–Crippen LogP) is 0.493. The van der Waals surface area contributed by atoms with Gasteiger partial charge in [-0.3, -0.25) is 0 Å². The van der Waals surface area contributed by atoms with Gasteiger partial charge in [-0.1, -0.05) is 0 Å². The summed E-state index contributed by atoms with van der Waals surface area (Å²) in [5.41, 5.74) is 1.20. The fourth-order valence-corrected chi connectivity index (χ4v) is 3.00. The van der Waals surface area contributed by atoms with Crippen LogP contribution in [0.5, 0.6) is 0 Å². The first kappa shape index (κ1) is 7.17. The Kier molecular flexibility index (Phi) is 1.86. The first-order valence-electron chi connectivity index (χ1n) is 3.68. The van der Waals surface area contributed by atoms with Crippen LogP contribution in [-0.2, 0) is 0 Å². The second-order valence-electron chi connectivity index (χ2n) is 2.65. The summed E-state index contributed by atoms with van der Waals surface area (Å²) in [6.45, 7) is 0. The molecule has 11 heavy (non-hydrogen) atoms. The van der Waals surface area contributed by atoms with E-state index >= 15 is 0 Å². The number of rotatable bonds is 0. The van der Waals surface area contributed by atoms with Gasteiger partial charge in [0, 0.05) is 0 Å². The molecule has 0 aliphatic carbocycles. The third kappa shape index (κ3) is 1.27. The van der Waals surface area contributed by atoms with Gasteiger partial charge >= 0.3 is 80.1 Å². The Morgan fingerprint density at radius 3 is 2.73 bits per heavy atom. The van der Waals surface area contributed by atoms with Crippen molar-refractivity contribution in [1.29, 1.82) is 0 Å². The molecule has 0 radical (unpaired) electrons. The van der Waals surface area contributed by atoms with Gasteiger partial charge in [-0.15, -0.1) is 0 Å². The van der Waals surface area contributed by atoms with Gasteiger partial charge < -0.3 is 0 Å². The average Bonchev–Trinajstić information content (AvgIpc) is 2.06. The molecule has 0 saturated heterocycles. The zero-order chi connectivity index (χ0) is 7.68. The van der Waals surface area contributed by atoms with Gasteiger partial charge in [-0.25, -0.2) is 0 Å². The van der Waals surface area contributed by atoms with Gasteiger partial charge in [0.1, 0.15) is 0 Å². The Morgan fingerprint density at radius 2 is 1.91 bits per heavy atom. The molecule has 1 aromatic heterocycles. The molecule has 0 N–H and O–H groups in total. The van der Waals surface area contributed by atoms with E-state index in [2.05, 4.69) is 29.2 Å². The number of hydrogen-bond donors (Lipinski definition) is 0. The third-order valence-corrected chi connectivity index (χ3v) is 4.14. The van der Waals surface area contributed by atoms with E-state index in [1.165, 1.54) is 14.2 Å². The molecule has 1 heterocycles. The molecule has 1 aromatic carbocycles. The number of aromatic nitrogens is 1. The monoisotopic (exact) mass is 245 g/mol. The first-order chi connectivity index (χ1) is 5.38. The molecule has 2 rings (SSSR count). The van der Waals surface area contributed by atoms with Crippen LogP contribution in [0.15, 0.2) is 36.5 Å². The Morgan fingerprint density at radius 1 is 1.09 bits per heavy atom. The van der Waals surface area contributed by atoms with Gasteiger partial charge in [-0.05, 0) is 0 Å². The third-order valence-electron chi connectivity index (χ3n) is 1.83. The maximum atomic E-state index is 4.33. The van der Waals surface area contributed by atoms with E-state index in [1.807, 2.05) is 12.3 Å². The number of fused-ring (bicyclic) bond motifs is 1. The molecule has 2 heteroatoms. The molecule has 52 valence electrons. The van der Waals surface area contributed by atoms with Crippen LogP contribution in [0.1, 0.15) is 0 Å². The van der Waals surface area contributed by atoms with Crippen molar-refractivity contribution in [3.63, 3.8) is 0 Å². The Hall–Kier alpha value is -0.500. The number of pyridine rings is 1. The number of benzene rings is 1. The van der Waals surface area contributed by atoms with Crippen LogP contribution >= 0.6 is 0 Å². The summed E-state index contributed by atoms with van der Waals surface area (Å²) in [7, 11) is 0. The molecule has 0 saturated carbocycles. The molecule has 0 amide bonds. The van der Waals surface area contributed by atoms with Crippen molar-refractivity contribution < 1.29 is 0 Å². The summed E-state index contributed by atoms with van der Waals surface area (Å²) in [5, 5.41) is 1.27. The second-order valence-corrected chi connectivity index (χ2v) is 5.72. The Bertz CT molecular complexity index is 379. The Labute approximate surface area is 80.0 Å². The zero-order valence-corrected chi connectivity index (χ0v) is 12.1. The summed E-state index contributed by atoms with van der Waals surface area (Å²) in [6, 6.07) is 10.5. The summed E-state index contributed by atoms with van der Waals surface area (Å²) in [6.07, 6.45) is 1.86. The molecule has 0 fully saturated rings. The SMILES string of the molecule is [InH2][c]1cccc2cccnc12. The van der Waals surface area contributed by atoms with Crippen LogP contribution in [0.25, 0.3) is 10.9 Å². The van der Waals surface area contributed by atoms with Crippen molar-refractivity contribution in [2.45, 2.75) is 0 Å². The molecule has 0 unspecified atom stereocenters. The molecule has 0 aliphatic rings. The molecular weight excluding hydrogens is 237 g/mol. The second kappa shape index (κ2) is 2.86. The van der Waals surface area contributed by atoms with Crippen molar-refractivity contribution in [1.82, 2.24) is 4.98 Å². The van der Waals surface area contributed by atoms with E-state index in [1.54, 1.807) is 0 Å². The summed E-state index contributed by atoms with van der Waals surface area (Å²) >= 11 is 0.560. The molecule has 0 atom stereocenters. The van der Waals surface area contributed by atoms with Crippen molar-refractivity contribution in [2.75, 3.05) is 0 Å². The van der Waals surface area contributed by atoms with Crippen LogP contribution in [0.3, 0.4) is 0 Å². The van der Waals surface area contributed by atoms with E-state index in [4.69, 9.17) is 0 Å². The van der Waals surface area contributed by atoms with E-state index in [0.717, 1.165) is 0 Å². The normalized spacial score (nSPS) is 10.2. The van der Waals surface area contributed by atoms with Gasteiger partial charge in [0.05, 0.1) is 0 Å². The van der Waals surface area contributed by atoms with Crippen LogP contribution in [0.4, 0.5) is 0 Å². The molecule has 0 aliphatic heterocycles. The fourth-order valence-electron chi connectivity index (χ4n) is 1.26. The molecule has 0 bridgehead atoms. The van der Waals surface area contributed by atoms with Crippen molar-refractivity contribution in [3.8, 4) is 0 Å². The van der Waals surface area contributed by atoms with Gasteiger partial charge in [0.25, 0.3) is 0 Å². The van der Waals surface area contributed by atoms with Crippen LogP contribution in [0.2, 0.25) is 0 Å². The molecule has 2 aromatic rings. The van der Waals surface area contributed by atoms with Crippen molar-refractivity contribution in [2.24, 2.45) is 0 Å².